The predicted octanol–water partition coefficient (Wildman–Crippen LogP) is 4.73. The van der Waals surface area contributed by atoms with E-state index in [1.54, 1.807) is 24.3 Å². The molecular formula is C16H11ClIN3O2S. The number of aromatic nitrogens is 2. The van der Waals surface area contributed by atoms with E-state index < -0.39 is 0 Å². The molecule has 0 saturated carbocycles. The molecule has 3 aromatic rings. The third-order valence-corrected chi connectivity index (χ3v) is 4.98. The van der Waals surface area contributed by atoms with Gasteiger partial charge in [0.15, 0.2) is 0 Å². The molecule has 0 fully saturated rings. The Hall–Kier alpha value is -1.58. The zero-order chi connectivity index (χ0) is 16.9. The smallest absolute Gasteiger partial charge is 0.277 e. The highest BCUT2D eigenvalue weighted by Gasteiger charge is 2.12. The lowest BCUT2D eigenvalue weighted by Gasteiger charge is -2.05. The second-order valence-electron chi connectivity index (χ2n) is 4.70. The van der Waals surface area contributed by atoms with E-state index in [0.29, 0.717) is 16.1 Å². The van der Waals surface area contributed by atoms with Gasteiger partial charge >= 0.3 is 0 Å². The van der Waals surface area contributed by atoms with Crippen LogP contribution in [0.4, 0.5) is 5.69 Å². The van der Waals surface area contributed by atoms with Crippen LogP contribution in [0.1, 0.15) is 0 Å². The summed E-state index contributed by atoms with van der Waals surface area (Å²) < 4.78 is 6.53. The molecular weight excluding hydrogens is 461 g/mol. The maximum atomic E-state index is 12.0. The quantitative estimate of drug-likeness (QED) is 0.431. The molecule has 0 radical (unpaired) electrons. The van der Waals surface area contributed by atoms with Crippen molar-refractivity contribution in [1.82, 2.24) is 10.2 Å². The molecule has 0 aliphatic heterocycles. The Morgan fingerprint density at radius 2 is 1.92 bits per heavy atom. The van der Waals surface area contributed by atoms with Crippen LogP contribution in [0.25, 0.3) is 11.5 Å². The van der Waals surface area contributed by atoms with Crippen molar-refractivity contribution in [1.29, 1.82) is 0 Å². The second-order valence-corrected chi connectivity index (χ2v) is 7.22. The molecule has 1 N–H and O–H groups in total. The van der Waals surface area contributed by atoms with E-state index in [9.17, 15) is 4.79 Å². The van der Waals surface area contributed by atoms with Gasteiger partial charge in [-0.15, -0.1) is 10.2 Å². The first-order valence-electron chi connectivity index (χ1n) is 6.88. The van der Waals surface area contributed by atoms with Crippen molar-refractivity contribution in [3.05, 3.63) is 57.1 Å². The van der Waals surface area contributed by atoms with Crippen LogP contribution < -0.4 is 5.32 Å². The molecule has 1 aromatic heterocycles. The summed E-state index contributed by atoms with van der Waals surface area (Å²) in [5.41, 5.74) is 1.57. The summed E-state index contributed by atoms with van der Waals surface area (Å²) in [6.07, 6.45) is 0. The van der Waals surface area contributed by atoms with Crippen molar-refractivity contribution in [2.75, 3.05) is 11.1 Å². The van der Waals surface area contributed by atoms with E-state index in [1.807, 2.05) is 24.3 Å². The first-order valence-corrected chi connectivity index (χ1v) is 9.32. The molecule has 2 aromatic carbocycles. The highest BCUT2D eigenvalue weighted by atomic mass is 127. The third-order valence-electron chi connectivity index (χ3n) is 2.97. The SMILES string of the molecule is O=C(CSc1nnc(-c2ccc(Cl)cc2)o1)Nc1ccccc1I. The number of rotatable bonds is 5. The molecule has 8 heteroatoms. The molecule has 0 bridgehead atoms. The number of amides is 1. The summed E-state index contributed by atoms with van der Waals surface area (Å²) in [5, 5.41) is 11.8. The number of nitrogens with one attached hydrogen (secondary N) is 1. The van der Waals surface area contributed by atoms with Crippen molar-refractivity contribution in [3.8, 4) is 11.5 Å². The largest absolute Gasteiger partial charge is 0.411 e. The van der Waals surface area contributed by atoms with Gasteiger partial charge in [0.05, 0.1) is 11.4 Å². The van der Waals surface area contributed by atoms with Crippen LogP contribution in [0.2, 0.25) is 5.02 Å². The highest BCUT2D eigenvalue weighted by Crippen LogP contribution is 2.24. The van der Waals surface area contributed by atoms with E-state index in [4.69, 9.17) is 16.0 Å². The fourth-order valence-corrected chi connectivity index (χ4v) is 3.06. The van der Waals surface area contributed by atoms with E-state index in [-0.39, 0.29) is 11.7 Å². The molecule has 5 nitrogen and oxygen atoms in total. The number of halogens is 2. The van der Waals surface area contributed by atoms with Gasteiger partial charge < -0.3 is 9.73 Å². The summed E-state index contributed by atoms with van der Waals surface area (Å²) in [7, 11) is 0. The number of hydrogen-bond acceptors (Lipinski definition) is 5. The van der Waals surface area contributed by atoms with Crippen molar-refractivity contribution >= 4 is 57.5 Å². The van der Waals surface area contributed by atoms with Crippen molar-refractivity contribution in [2.45, 2.75) is 5.22 Å². The van der Waals surface area contributed by atoms with Gasteiger partial charge in [-0.25, -0.2) is 0 Å². The number of para-hydroxylation sites is 1. The summed E-state index contributed by atoms with van der Waals surface area (Å²) in [6, 6.07) is 14.7. The second kappa shape index (κ2) is 8.00. The molecule has 1 heterocycles. The summed E-state index contributed by atoms with van der Waals surface area (Å²) >= 11 is 9.22. The molecule has 0 unspecified atom stereocenters. The Labute approximate surface area is 161 Å². The van der Waals surface area contributed by atoms with Crippen LogP contribution >= 0.6 is 46.0 Å². The first-order chi connectivity index (χ1) is 11.6. The lowest BCUT2D eigenvalue weighted by molar-refractivity contribution is -0.113. The minimum absolute atomic E-state index is 0.129. The number of anilines is 1. The number of thioether (sulfide) groups is 1. The van der Waals surface area contributed by atoms with Crippen molar-refractivity contribution in [3.63, 3.8) is 0 Å². The van der Waals surface area contributed by atoms with Gasteiger partial charge in [0.25, 0.3) is 5.22 Å². The van der Waals surface area contributed by atoms with Gasteiger partial charge in [0.2, 0.25) is 11.8 Å². The number of benzene rings is 2. The third kappa shape index (κ3) is 4.49. The van der Waals surface area contributed by atoms with E-state index in [2.05, 4.69) is 38.1 Å². The molecule has 0 aliphatic rings. The maximum absolute atomic E-state index is 12.0. The average Bonchev–Trinajstić information content (AvgIpc) is 3.05. The minimum Gasteiger partial charge on any atom is -0.411 e. The first kappa shape index (κ1) is 17.2. The molecule has 0 spiro atoms. The maximum Gasteiger partial charge on any atom is 0.277 e. The van der Waals surface area contributed by atoms with Gasteiger partial charge in [-0.2, -0.15) is 0 Å². The zero-order valence-corrected chi connectivity index (χ0v) is 15.9. The zero-order valence-electron chi connectivity index (χ0n) is 12.2. The van der Waals surface area contributed by atoms with Crippen LogP contribution in [0.3, 0.4) is 0 Å². The van der Waals surface area contributed by atoms with E-state index in [0.717, 1.165) is 14.8 Å². The van der Waals surface area contributed by atoms with Gasteiger partial charge in [0.1, 0.15) is 0 Å². The fourth-order valence-electron chi connectivity index (χ4n) is 1.85. The molecule has 0 aliphatic carbocycles. The van der Waals surface area contributed by atoms with E-state index in [1.165, 1.54) is 11.8 Å². The van der Waals surface area contributed by atoms with Crippen molar-refractivity contribution in [2.24, 2.45) is 0 Å². The fraction of sp³-hybridized carbons (Fsp3) is 0.0625. The molecule has 0 saturated heterocycles. The monoisotopic (exact) mass is 471 g/mol. The predicted molar refractivity (Wildman–Crippen MR) is 103 cm³/mol. The normalized spacial score (nSPS) is 10.6. The van der Waals surface area contributed by atoms with Crippen LogP contribution in [0.5, 0.6) is 0 Å². The Bertz CT molecular complexity index is 855. The summed E-state index contributed by atoms with van der Waals surface area (Å²) in [6.45, 7) is 0. The summed E-state index contributed by atoms with van der Waals surface area (Å²) in [5.74, 6) is 0.454. The highest BCUT2D eigenvalue weighted by molar-refractivity contribution is 14.1. The van der Waals surface area contributed by atoms with Crippen molar-refractivity contribution < 1.29 is 9.21 Å². The minimum atomic E-state index is -0.129. The number of carbonyl (C=O) groups is 1. The number of hydrogen-bond donors (Lipinski definition) is 1. The molecule has 1 amide bonds. The van der Waals surface area contributed by atoms with Crippen LogP contribution in [-0.4, -0.2) is 21.9 Å². The number of nitrogens with zero attached hydrogens (tertiary/aromatic N) is 2. The Morgan fingerprint density at radius 1 is 1.17 bits per heavy atom. The lowest BCUT2D eigenvalue weighted by Crippen LogP contribution is -2.14. The Kier molecular flexibility index (Phi) is 5.75. The molecule has 0 atom stereocenters. The molecule has 122 valence electrons. The topological polar surface area (TPSA) is 68.0 Å². The van der Waals surface area contributed by atoms with Gasteiger partial charge in [-0.1, -0.05) is 35.5 Å². The lowest BCUT2D eigenvalue weighted by atomic mass is 10.2. The average molecular weight is 472 g/mol. The van der Waals surface area contributed by atoms with Crippen LogP contribution in [-0.2, 0) is 4.79 Å². The molecule has 24 heavy (non-hydrogen) atoms. The Balaban J connectivity index is 1.58. The van der Waals surface area contributed by atoms with Gasteiger partial charge in [-0.3, -0.25) is 4.79 Å². The number of carbonyl (C=O) groups excluding carboxylic acids is 1. The molecule has 3 rings (SSSR count). The van der Waals surface area contributed by atoms with Crippen LogP contribution in [0.15, 0.2) is 58.2 Å². The van der Waals surface area contributed by atoms with Gasteiger partial charge in [-0.05, 0) is 59.0 Å². The van der Waals surface area contributed by atoms with Gasteiger partial charge in [0, 0.05) is 14.2 Å². The van der Waals surface area contributed by atoms with Crippen LogP contribution in [0, 0.1) is 3.57 Å². The summed E-state index contributed by atoms with van der Waals surface area (Å²) in [4.78, 5) is 12.0. The Morgan fingerprint density at radius 3 is 2.67 bits per heavy atom. The standard InChI is InChI=1S/C16H11ClIN3O2S/c17-11-7-5-10(6-8-11)15-20-21-16(23-15)24-9-14(22)19-13-4-2-1-3-12(13)18/h1-8H,9H2,(H,19,22). The van der Waals surface area contributed by atoms with E-state index >= 15 is 0 Å².